The molecule has 1 aliphatic rings. The highest BCUT2D eigenvalue weighted by Crippen LogP contribution is 2.22. The topological polar surface area (TPSA) is 67.2 Å². The van der Waals surface area contributed by atoms with Gasteiger partial charge in [-0.3, -0.25) is 9.59 Å². The van der Waals surface area contributed by atoms with Crippen molar-refractivity contribution in [3.8, 4) is 5.69 Å². The summed E-state index contributed by atoms with van der Waals surface area (Å²) in [4.78, 5) is 26.9. The molecule has 0 aliphatic carbocycles. The SMILES string of the molecule is CNC(=O)[C@H]1CCCCN1C(=O)c1cnn(-c2cccc(C)c2)c1C. The van der Waals surface area contributed by atoms with E-state index in [4.69, 9.17) is 0 Å². The molecule has 2 heterocycles. The first-order chi connectivity index (χ1) is 12.0. The number of benzene rings is 1. The number of carbonyl (C=O) groups is 2. The molecule has 1 aliphatic heterocycles. The number of likely N-dealkylation sites (N-methyl/N-ethyl adjacent to an activating group) is 1. The molecule has 6 heteroatoms. The number of rotatable bonds is 3. The van der Waals surface area contributed by atoms with Crippen LogP contribution in [0.2, 0.25) is 0 Å². The molecule has 0 bridgehead atoms. The van der Waals surface area contributed by atoms with E-state index in [1.165, 1.54) is 0 Å². The molecule has 2 amide bonds. The molecule has 2 aromatic rings. The fourth-order valence-corrected chi connectivity index (χ4v) is 3.41. The van der Waals surface area contributed by atoms with Crippen molar-refractivity contribution < 1.29 is 9.59 Å². The maximum Gasteiger partial charge on any atom is 0.258 e. The quantitative estimate of drug-likeness (QED) is 0.932. The third-order valence-corrected chi connectivity index (χ3v) is 4.80. The monoisotopic (exact) mass is 340 g/mol. The van der Waals surface area contributed by atoms with Crippen molar-refractivity contribution in [1.82, 2.24) is 20.0 Å². The van der Waals surface area contributed by atoms with Crippen LogP contribution < -0.4 is 5.32 Å². The average Bonchev–Trinajstić information content (AvgIpc) is 3.02. The first-order valence-electron chi connectivity index (χ1n) is 8.67. The molecule has 1 atom stereocenters. The van der Waals surface area contributed by atoms with Gasteiger partial charge in [-0.1, -0.05) is 12.1 Å². The number of likely N-dealkylation sites (tertiary alicyclic amines) is 1. The first-order valence-corrected chi connectivity index (χ1v) is 8.67. The lowest BCUT2D eigenvalue weighted by Crippen LogP contribution is -2.51. The third kappa shape index (κ3) is 3.29. The van der Waals surface area contributed by atoms with Gasteiger partial charge in [0.25, 0.3) is 5.91 Å². The smallest absolute Gasteiger partial charge is 0.258 e. The molecule has 1 aromatic carbocycles. The summed E-state index contributed by atoms with van der Waals surface area (Å²) in [5, 5.41) is 7.07. The Bertz CT molecular complexity index is 796. The lowest BCUT2D eigenvalue weighted by Gasteiger charge is -2.34. The zero-order chi connectivity index (χ0) is 18.0. The van der Waals surface area contributed by atoms with Crippen molar-refractivity contribution in [1.29, 1.82) is 0 Å². The second kappa shape index (κ2) is 7.09. The van der Waals surface area contributed by atoms with Crippen molar-refractivity contribution in [2.75, 3.05) is 13.6 Å². The predicted octanol–water partition coefficient (Wildman–Crippen LogP) is 2.23. The molecule has 25 heavy (non-hydrogen) atoms. The number of aryl methyl sites for hydroxylation is 1. The van der Waals surface area contributed by atoms with E-state index in [0.29, 0.717) is 18.5 Å². The number of carbonyl (C=O) groups excluding carboxylic acids is 2. The average molecular weight is 340 g/mol. The van der Waals surface area contributed by atoms with Gasteiger partial charge in [0.2, 0.25) is 5.91 Å². The molecule has 1 N–H and O–H groups in total. The molecule has 132 valence electrons. The minimum Gasteiger partial charge on any atom is -0.357 e. The third-order valence-electron chi connectivity index (χ3n) is 4.80. The Labute approximate surface area is 147 Å². The fourth-order valence-electron chi connectivity index (χ4n) is 3.41. The Balaban J connectivity index is 1.91. The van der Waals surface area contributed by atoms with Gasteiger partial charge in [-0.15, -0.1) is 0 Å². The maximum atomic E-state index is 13.1. The molecular weight excluding hydrogens is 316 g/mol. The van der Waals surface area contributed by atoms with Crippen molar-refractivity contribution in [3.63, 3.8) is 0 Å². The second-order valence-electron chi connectivity index (χ2n) is 6.52. The number of nitrogens with one attached hydrogen (secondary N) is 1. The summed E-state index contributed by atoms with van der Waals surface area (Å²) in [7, 11) is 1.61. The first kappa shape index (κ1) is 17.2. The molecular formula is C19H24N4O2. The van der Waals surface area contributed by atoms with Crippen LogP contribution >= 0.6 is 0 Å². The van der Waals surface area contributed by atoms with Crippen LogP contribution in [0.1, 0.15) is 40.9 Å². The summed E-state index contributed by atoms with van der Waals surface area (Å²) in [5.74, 6) is -0.221. The van der Waals surface area contributed by atoms with E-state index < -0.39 is 6.04 Å². The van der Waals surface area contributed by atoms with Crippen LogP contribution in [0.15, 0.2) is 30.5 Å². The standard InChI is InChI=1S/C19H24N4O2/c1-13-7-6-8-15(11-13)23-14(2)16(12-21-23)19(25)22-10-5-4-9-17(22)18(24)20-3/h6-8,11-12,17H,4-5,9-10H2,1-3H3,(H,20,24)/t17-/m1/s1. The Hall–Kier alpha value is -2.63. The van der Waals surface area contributed by atoms with Gasteiger partial charge in [-0.2, -0.15) is 5.10 Å². The summed E-state index contributed by atoms with van der Waals surface area (Å²) >= 11 is 0. The summed E-state index contributed by atoms with van der Waals surface area (Å²) < 4.78 is 1.78. The molecule has 3 rings (SSSR count). The Morgan fingerprint density at radius 3 is 2.76 bits per heavy atom. The lowest BCUT2D eigenvalue weighted by atomic mass is 10.00. The van der Waals surface area contributed by atoms with E-state index in [9.17, 15) is 9.59 Å². The van der Waals surface area contributed by atoms with Crippen LogP contribution in [-0.4, -0.2) is 46.1 Å². The molecule has 0 radical (unpaired) electrons. The fraction of sp³-hybridized carbons (Fsp3) is 0.421. The zero-order valence-electron chi connectivity index (χ0n) is 15.0. The van der Waals surface area contributed by atoms with E-state index in [0.717, 1.165) is 29.8 Å². The molecule has 1 fully saturated rings. The van der Waals surface area contributed by atoms with Gasteiger partial charge in [0, 0.05) is 13.6 Å². The van der Waals surface area contributed by atoms with Crippen molar-refractivity contribution in [2.24, 2.45) is 0 Å². The predicted molar refractivity (Wildman–Crippen MR) is 95.8 cm³/mol. The van der Waals surface area contributed by atoms with Crippen LogP contribution in [0.25, 0.3) is 5.69 Å². The van der Waals surface area contributed by atoms with Crippen LogP contribution in [0.5, 0.6) is 0 Å². The number of amides is 2. The van der Waals surface area contributed by atoms with Crippen molar-refractivity contribution in [3.05, 3.63) is 47.3 Å². The number of nitrogens with zero attached hydrogens (tertiary/aromatic N) is 3. The van der Waals surface area contributed by atoms with Gasteiger partial charge in [-0.05, 0) is 50.8 Å². The van der Waals surface area contributed by atoms with Crippen molar-refractivity contribution >= 4 is 11.8 Å². The Morgan fingerprint density at radius 2 is 2.04 bits per heavy atom. The summed E-state index contributed by atoms with van der Waals surface area (Å²) in [5.41, 5.74) is 3.41. The summed E-state index contributed by atoms with van der Waals surface area (Å²) in [6.45, 7) is 4.52. The highest BCUT2D eigenvalue weighted by molar-refractivity contribution is 5.98. The van der Waals surface area contributed by atoms with Crippen LogP contribution in [-0.2, 0) is 4.79 Å². The number of hydrogen-bond donors (Lipinski definition) is 1. The Kier molecular flexibility index (Phi) is 4.88. The van der Waals surface area contributed by atoms with E-state index in [1.807, 2.05) is 38.1 Å². The molecule has 0 unspecified atom stereocenters. The minimum atomic E-state index is -0.395. The highest BCUT2D eigenvalue weighted by atomic mass is 16.2. The van der Waals surface area contributed by atoms with Crippen molar-refractivity contribution in [2.45, 2.75) is 39.2 Å². The number of aromatic nitrogens is 2. The van der Waals surface area contributed by atoms with E-state index in [2.05, 4.69) is 10.4 Å². The van der Waals surface area contributed by atoms with Crippen LogP contribution in [0, 0.1) is 13.8 Å². The summed E-state index contributed by atoms with van der Waals surface area (Å²) in [6.07, 6.45) is 4.19. The number of hydrogen-bond acceptors (Lipinski definition) is 3. The van der Waals surface area contributed by atoms with E-state index in [-0.39, 0.29) is 11.8 Å². The van der Waals surface area contributed by atoms with Gasteiger partial charge in [0.1, 0.15) is 6.04 Å². The van der Waals surface area contributed by atoms with Gasteiger partial charge in [0.05, 0.1) is 23.1 Å². The van der Waals surface area contributed by atoms with E-state index in [1.54, 1.807) is 22.8 Å². The normalized spacial score (nSPS) is 17.4. The van der Waals surface area contributed by atoms with Gasteiger partial charge in [-0.25, -0.2) is 4.68 Å². The van der Waals surface area contributed by atoms with Crippen LogP contribution in [0.3, 0.4) is 0 Å². The Morgan fingerprint density at radius 1 is 1.24 bits per heavy atom. The highest BCUT2D eigenvalue weighted by Gasteiger charge is 2.33. The molecule has 6 nitrogen and oxygen atoms in total. The van der Waals surface area contributed by atoms with Crippen LogP contribution in [0.4, 0.5) is 0 Å². The van der Waals surface area contributed by atoms with Gasteiger partial charge < -0.3 is 10.2 Å². The molecule has 1 aromatic heterocycles. The lowest BCUT2D eigenvalue weighted by molar-refractivity contribution is -0.126. The van der Waals surface area contributed by atoms with E-state index >= 15 is 0 Å². The second-order valence-corrected chi connectivity index (χ2v) is 6.52. The minimum absolute atomic E-state index is 0.100. The largest absolute Gasteiger partial charge is 0.357 e. The molecule has 0 saturated carbocycles. The zero-order valence-corrected chi connectivity index (χ0v) is 15.0. The summed E-state index contributed by atoms with van der Waals surface area (Å²) in [6, 6.07) is 7.60. The molecule has 1 saturated heterocycles. The maximum absolute atomic E-state index is 13.1. The van der Waals surface area contributed by atoms with Gasteiger partial charge >= 0.3 is 0 Å². The van der Waals surface area contributed by atoms with Gasteiger partial charge in [0.15, 0.2) is 0 Å². The molecule has 0 spiro atoms. The number of piperidine rings is 1.